The predicted octanol–water partition coefficient (Wildman–Crippen LogP) is 4.98. The third-order valence-corrected chi connectivity index (χ3v) is 5.22. The predicted molar refractivity (Wildman–Crippen MR) is 116 cm³/mol. The number of carbonyl (C=O) groups is 1. The van der Waals surface area contributed by atoms with Gasteiger partial charge >= 0.3 is 5.69 Å². The van der Waals surface area contributed by atoms with E-state index < -0.39 is 0 Å². The van der Waals surface area contributed by atoms with Crippen molar-refractivity contribution in [3.8, 4) is 11.5 Å². The van der Waals surface area contributed by atoms with Crippen LogP contribution in [0.1, 0.15) is 59.3 Å². The van der Waals surface area contributed by atoms with Crippen molar-refractivity contribution in [2.24, 2.45) is 0 Å². The van der Waals surface area contributed by atoms with E-state index in [4.69, 9.17) is 9.47 Å². The summed E-state index contributed by atoms with van der Waals surface area (Å²) in [6, 6.07) is 3.67. The first-order chi connectivity index (χ1) is 14.1. The minimum atomic E-state index is 0.107. The molecule has 7 heteroatoms. The fourth-order valence-corrected chi connectivity index (χ4v) is 3.43. The monoisotopic (exact) mass is 403 g/mol. The molecule has 1 aromatic carbocycles. The van der Waals surface area contributed by atoms with E-state index in [1.807, 2.05) is 11.0 Å². The number of amides is 1. The molecule has 0 N–H and O–H groups in total. The van der Waals surface area contributed by atoms with Gasteiger partial charge in [-0.25, -0.2) is 0 Å². The summed E-state index contributed by atoms with van der Waals surface area (Å²) in [6.07, 6.45) is 6.41. The number of benzene rings is 1. The number of ether oxygens (including phenoxy) is 2. The topological polar surface area (TPSA) is 70.2 Å². The van der Waals surface area contributed by atoms with E-state index in [2.05, 4.69) is 23.7 Å². The zero-order valence-corrected chi connectivity index (χ0v) is 18.2. The fourth-order valence-electron chi connectivity index (χ4n) is 3.43. The molecule has 2 rings (SSSR count). The van der Waals surface area contributed by atoms with Gasteiger partial charge in [-0.3, -0.25) is 4.79 Å². The number of piperazine rings is 1. The summed E-state index contributed by atoms with van der Waals surface area (Å²) in [7, 11) is 0. The maximum absolute atomic E-state index is 11.6. The van der Waals surface area contributed by atoms with Crippen molar-refractivity contribution in [1.29, 1.82) is 5.39 Å². The number of carbonyl (C=O) groups excluding carboxylic acids is 1. The molecule has 0 spiro atoms. The summed E-state index contributed by atoms with van der Waals surface area (Å²) < 4.78 is 12.0. The number of nitrogens with zero attached hydrogens (tertiary/aromatic N) is 4. The summed E-state index contributed by atoms with van der Waals surface area (Å²) in [4.78, 5) is 19.1. The maximum Gasteiger partial charge on any atom is 0.430 e. The van der Waals surface area contributed by atoms with Gasteiger partial charge in [0, 0.05) is 39.2 Å². The largest absolute Gasteiger partial charge is 0.491 e. The minimum Gasteiger partial charge on any atom is -0.491 e. The Balaban J connectivity index is 2.21. The zero-order valence-electron chi connectivity index (χ0n) is 18.2. The van der Waals surface area contributed by atoms with Gasteiger partial charge in [0.2, 0.25) is 17.0 Å². The molecule has 0 aliphatic carbocycles. The molecule has 7 nitrogen and oxygen atoms in total. The quantitative estimate of drug-likeness (QED) is 0.385. The van der Waals surface area contributed by atoms with Crippen LogP contribution >= 0.6 is 0 Å². The van der Waals surface area contributed by atoms with Gasteiger partial charge < -0.3 is 19.3 Å². The average Bonchev–Trinajstić information content (AvgIpc) is 2.74. The third-order valence-electron chi connectivity index (χ3n) is 5.22. The van der Waals surface area contributed by atoms with Gasteiger partial charge in [-0.2, -0.15) is 0 Å². The summed E-state index contributed by atoms with van der Waals surface area (Å²) in [5.41, 5.74) is 1.32. The Bertz CT molecular complexity index is 694. The number of anilines is 1. The molecule has 0 atom stereocenters. The van der Waals surface area contributed by atoms with E-state index in [1.165, 1.54) is 0 Å². The second-order valence-corrected chi connectivity index (χ2v) is 7.49. The van der Waals surface area contributed by atoms with Crippen LogP contribution in [0.2, 0.25) is 0 Å². The van der Waals surface area contributed by atoms with E-state index in [0.717, 1.165) is 57.3 Å². The van der Waals surface area contributed by atoms with Crippen molar-refractivity contribution in [3.05, 3.63) is 17.1 Å². The average molecular weight is 404 g/mol. The Morgan fingerprint density at radius 3 is 2.07 bits per heavy atom. The first kappa shape index (κ1) is 22.8. The molecule has 1 aliphatic heterocycles. The van der Waals surface area contributed by atoms with Crippen LogP contribution in [0.3, 0.4) is 0 Å². The Hall–Kier alpha value is -2.49. The van der Waals surface area contributed by atoms with E-state index in [1.54, 1.807) is 13.0 Å². The molecular formula is C22H35N4O3+. The van der Waals surface area contributed by atoms with Crippen LogP contribution in [-0.4, -0.2) is 50.2 Å². The molecule has 0 unspecified atom stereocenters. The maximum atomic E-state index is 11.6. The molecule has 1 fully saturated rings. The van der Waals surface area contributed by atoms with E-state index >= 15 is 0 Å². The Labute approximate surface area is 174 Å². The highest BCUT2D eigenvalue weighted by atomic mass is 16.5. The van der Waals surface area contributed by atoms with Crippen LogP contribution in [0.25, 0.3) is 4.98 Å². The summed E-state index contributed by atoms with van der Waals surface area (Å²) >= 11 is 0. The molecule has 1 aliphatic rings. The molecular weight excluding hydrogens is 368 g/mol. The number of rotatable bonds is 11. The van der Waals surface area contributed by atoms with Crippen LogP contribution < -0.4 is 14.4 Å². The molecule has 160 valence electrons. The van der Waals surface area contributed by atoms with Crippen molar-refractivity contribution < 1.29 is 14.3 Å². The lowest BCUT2D eigenvalue weighted by molar-refractivity contribution is -0.129. The van der Waals surface area contributed by atoms with Crippen LogP contribution in [0.15, 0.2) is 12.1 Å². The number of diazo groups is 1. The van der Waals surface area contributed by atoms with Gasteiger partial charge in [0.1, 0.15) is 0 Å². The SMILES string of the molecule is CCCCCOc1cc(N2CCN(C(C)=O)CC2)c(OCCCCC)cc1[N+]#N. The van der Waals surface area contributed by atoms with Crippen molar-refractivity contribution >= 4 is 17.3 Å². The first-order valence-corrected chi connectivity index (χ1v) is 10.9. The molecule has 0 bridgehead atoms. The smallest absolute Gasteiger partial charge is 0.430 e. The van der Waals surface area contributed by atoms with Gasteiger partial charge in [0.05, 0.1) is 25.0 Å². The second-order valence-electron chi connectivity index (χ2n) is 7.49. The molecule has 0 saturated carbocycles. The molecule has 1 aromatic rings. The fraction of sp³-hybridized carbons (Fsp3) is 0.682. The Morgan fingerprint density at radius 1 is 0.966 bits per heavy atom. The van der Waals surface area contributed by atoms with Gasteiger partial charge in [0.15, 0.2) is 10.7 Å². The zero-order chi connectivity index (χ0) is 21.1. The van der Waals surface area contributed by atoms with Gasteiger partial charge in [0.25, 0.3) is 0 Å². The summed E-state index contributed by atoms with van der Waals surface area (Å²) in [5.74, 6) is 1.37. The Morgan fingerprint density at radius 2 is 1.55 bits per heavy atom. The summed E-state index contributed by atoms with van der Waals surface area (Å²) in [5, 5.41) is 9.48. The molecule has 1 heterocycles. The standard InChI is InChI=1S/C22H35N4O3/c1-4-6-8-14-28-21-17-20(26-12-10-25(11-13-26)18(3)27)22(16-19(21)24-23)29-15-9-7-5-2/h16-17H,4-15H2,1-3H3/q+1. The van der Waals surface area contributed by atoms with Gasteiger partial charge in [-0.15, -0.1) is 0 Å². The highest BCUT2D eigenvalue weighted by molar-refractivity contribution is 5.75. The highest BCUT2D eigenvalue weighted by Gasteiger charge is 2.26. The van der Waals surface area contributed by atoms with Crippen molar-refractivity contribution in [2.75, 3.05) is 44.3 Å². The third kappa shape index (κ3) is 6.81. The second kappa shape index (κ2) is 12.2. The van der Waals surface area contributed by atoms with Gasteiger partial charge in [-0.1, -0.05) is 39.5 Å². The van der Waals surface area contributed by atoms with Crippen LogP contribution in [0.4, 0.5) is 11.4 Å². The lowest BCUT2D eigenvalue weighted by Gasteiger charge is -2.36. The molecule has 0 aromatic heterocycles. The Kier molecular flexibility index (Phi) is 9.55. The van der Waals surface area contributed by atoms with E-state index in [9.17, 15) is 10.2 Å². The number of hydrogen-bond acceptors (Lipinski definition) is 5. The normalized spacial score (nSPS) is 13.9. The van der Waals surface area contributed by atoms with E-state index in [0.29, 0.717) is 43.5 Å². The van der Waals surface area contributed by atoms with Crippen molar-refractivity contribution in [1.82, 2.24) is 4.90 Å². The number of hydrogen-bond donors (Lipinski definition) is 0. The van der Waals surface area contributed by atoms with Crippen LogP contribution in [0.5, 0.6) is 11.5 Å². The van der Waals surface area contributed by atoms with Crippen molar-refractivity contribution in [3.63, 3.8) is 0 Å². The molecule has 1 saturated heterocycles. The molecule has 1 amide bonds. The van der Waals surface area contributed by atoms with Crippen LogP contribution in [-0.2, 0) is 4.79 Å². The molecule has 0 radical (unpaired) electrons. The van der Waals surface area contributed by atoms with Crippen molar-refractivity contribution in [2.45, 2.75) is 59.3 Å². The lowest BCUT2D eigenvalue weighted by atomic mass is 10.2. The molecule has 29 heavy (non-hydrogen) atoms. The van der Waals surface area contributed by atoms with Crippen LogP contribution in [0, 0.1) is 5.39 Å². The lowest BCUT2D eigenvalue weighted by Crippen LogP contribution is -2.48. The first-order valence-electron chi connectivity index (χ1n) is 10.9. The van der Waals surface area contributed by atoms with Gasteiger partial charge in [-0.05, 0) is 12.8 Å². The number of unbranched alkanes of at least 4 members (excludes halogenated alkanes) is 4. The summed E-state index contributed by atoms with van der Waals surface area (Å²) in [6.45, 7) is 9.96. The van der Waals surface area contributed by atoms with E-state index in [-0.39, 0.29) is 5.91 Å². The minimum absolute atomic E-state index is 0.107. The highest BCUT2D eigenvalue weighted by Crippen LogP contribution is 2.41.